The van der Waals surface area contributed by atoms with Gasteiger partial charge in [0.1, 0.15) is 11.5 Å². The van der Waals surface area contributed by atoms with Crippen molar-refractivity contribution in [1.29, 1.82) is 0 Å². The number of nitrogens with zero attached hydrogens (tertiary/aromatic N) is 1. The molecule has 1 aromatic heterocycles. The Balaban J connectivity index is 1.89. The number of anilines is 1. The maximum atomic E-state index is 11.8. The van der Waals surface area contributed by atoms with E-state index < -0.39 is 0 Å². The second kappa shape index (κ2) is 6.47. The molecule has 0 atom stereocenters. The van der Waals surface area contributed by atoms with Crippen molar-refractivity contribution in [2.75, 3.05) is 18.2 Å². The van der Waals surface area contributed by atoms with Crippen molar-refractivity contribution in [2.24, 2.45) is 0 Å². The van der Waals surface area contributed by atoms with E-state index in [2.05, 4.69) is 10.3 Å². The van der Waals surface area contributed by atoms with Crippen LogP contribution in [0, 0.1) is 13.8 Å². The first-order valence-electron chi connectivity index (χ1n) is 6.09. The molecule has 6 heteroatoms. The van der Waals surface area contributed by atoms with E-state index in [4.69, 9.17) is 9.15 Å². The molecule has 2 rings (SSSR count). The topological polar surface area (TPSA) is 64.4 Å². The zero-order chi connectivity index (χ0) is 14.5. The fourth-order valence-electron chi connectivity index (χ4n) is 1.53. The van der Waals surface area contributed by atoms with Gasteiger partial charge in [0.05, 0.1) is 18.6 Å². The predicted octanol–water partition coefficient (Wildman–Crippen LogP) is 3.03. The van der Waals surface area contributed by atoms with E-state index in [1.165, 1.54) is 11.8 Å². The van der Waals surface area contributed by atoms with Gasteiger partial charge in [0.15, 0.2) is 0 Å². The molecule has 5 nitrogen and oxygen atoms in total. The molecule has 0 spiro atoms. The average molecular weight is 292 g/mol. The van der Waals surface area contributed by atoms with Gasteiger partial charge in [-0.25, -0.2) is 4.98 Å². The van der Waals surface area contributed by atoms with E-state index in [0.29, 0.717) is 16.7 Å². The van der Waals surface area contributed by atoms with Crippen LogP contribution in [0.5, 0.6) is 5.75 Å². The normalized spacial score (nSPS) is 10.3. The van der Waals surface area contributed by atoms with Gasteiger partial charge in [-0.2, -0.15) is 0 Å². The van der Waals surface area contributed by atoms with Crippen molar-refractivity contribution in [1.82, 2.24) is 4.98 Å². The van der Waals surface area contributed by atoms with E-state index >= 15 is 0 Å². The SMILES string of the molecule is COc1cccc(NC(=O)CSc2nc(C)c(C)o2)c1. The number of benzene rings is 1. The van der Waals surface area contributed by atoms with E-state index in [1.54, 1.807) is 13.2 Å². The van der Waals surface area contributed by atoms with Crippen molar-refractivity contribution < 1.29 is 13.9 Å². The number of carbonyl (C=O) groups is 1. The smallest absolute Gasteiger partial charge is 0.256 e. The number of methoxy groups -OCH3 is 1. The summed E-state index contributed by atoms with van der Waals surface area (Å²) in [6.45, 7) is 3.72. The highest BCUT2D eigenvalue weighted by molar-refractivity contribution is 7.99. The number of thioether (sulfide) groups is 1. The summed E-state index contributed by atoms with van der Waals surface area (Å²) in [4.78, 5) is 16.0. The highest BCUT2D eigenvalue weighted by atomic mass is 32.2. The molecule has 2 aromatic rings. The summed E-state index contributed by atoms with van der Waals surface area (Å²) < 4.78 is 10.5. The summed E-state index contributed by atoms with van der Waals surface area (Å²) in [6.07, 6.45) is 0. The number of hydrogen-bond acceptors (Lipinski definition) is 5. The predicted molar refractivity (Wildman–Crippen MR) is 78.3 cm³/mol. The second-order valence-electron chi connectivity index (χ2n) is 4.19. The number of ether oxygens (including phenoxy) is 1. The molecule has 1 N–H and O–H groups in total. The maximum Gasteiger partial charge on any atom is 0.256 e. The van der Waals surface area contributed by atoms with Crippen LogP contribution in [-0.4, -0.2) is 23.8 Å². The summed E-state index contributed by atoms with van der Waals surface area (Å²) in [5.41, 5.74) is 1.55. The van der Waals surface area contributed by atoms with Crippen molar-refractivity contribution in [3.63, 3.8) is 0 Å². The van der Waals surface area contributed by atoms with Gasteiger partial charge in [-0.3, -0.25) is 4.79 Å². The first-order chi connectivity index (χ1) is 9.58. The van der Waals surface area contributed by atoms with Gasteiger partial charge in [0.2, 0.25) is 5.91 Å². The molecule has 0 radical (unpaired) electrons. The Morgan fingerprint density at radius 3 is 2.90 bits per heavy atom. The summed E-state index contributed by atoms with van der Waals surface area (Å²) in [5.74, 6) is 1.61. The molecule has 1 heterocycles. The summed E-state index contributed by atoms with van der Waals surface area (Å²) in [5, 5.41) is 3.31. The summed E-state index contributed by atoms with van der Waals surface area (Å²) in [6, 6.07) is 7.22. The Morgan fingerprint density at radius 1 is 1.45 bits per heavy atom. The molecule has 0 aliphatic rings. The van der Waals surface area contributed by atoms with E-state index in [0.717, 1.165) is 11.5 Å². The van der Waals surface area contributed by atoms with Gasteiger partial charge >= 0.3 is 0 Å². The van der Waals surface area contributed by atoms with Crippen LogP contribution in [0.25, 0.3) is 0 Å². The Bertz CT molecular complexity index is 591. The van der Waals surface area contributed by atoms with Gasteiger partial charge < -0.3 is 14.5 Å². The quantitative estimate of drug-likeness (QED) is 0.858. The van der Waals surface area contributed by atoms with Crippen LogP contribution in [0.4, 0.5) is 5.69 Å². The van der Waals surface area contributed by atoms with Crippen molar-refractivity contribution in [3.8, 4) is 5.75 Å². The lowest BCUT2D eigenvalue weighted by molar-refractivity contribution is -0.113. The third-order valence-electron chi connectivity index (χ3n) is 2.69. The van der Waals surface area contributed by atoms with Crippen LogP contribution in [0.1, 0.15) is 11.5 Å². The van der Waals surface area contributed by atoms with Crippen molar-refractivity contribution in [3.05, 3.63) is 35.7 Å². The van der Waals surface area contributed by atoms with Crippen LogP contribution in [0.15, 0.2) is 33.9 Å². The first kappa shape index (κ1) is 14.5. The molecular weight excluding hydrogens is 276 g/mol. The number of nitrogens with one attached hydrogen (secondary N) is 1. The Hall–Kier alpha value is -1.95. The Labute approximate surface area is 121 Å². The lowest BCUT2D eigenvalue weighted by Gasteiger charge is -2.06. The van der Waals surface area contributed by atoms with Gasteiger partial charge in [0, 0.05) is 11.8 Å². The number of aromatic nitrogens is 1. The summed E-state index contributed by atoms with van der Waals surface area (Å²) in [7, 11) is 1.59. The minimum atomic E-state index is -0.114. The van der Waals surface area contributed by atoms with Gasteiger partial charge in [0.25, 0.3) is 5.22 Å². The third-order valence-corrected chi connectivity index (χ3v) is 3.52. The maximum absolute atomic E-state index is 11.8. The van der Waals surface area contributed by atoms with Crippen LogP contribution < -0.4 is 10.1 Å². The molecule has 0 saturated carbocycles. The number of aryl methyl sites for hydroxylation is 2. The number of oxazole rings is 1. The Morgan fingerprint density at radius 2 is 2.25 bits per heavy atom. The zero-order valence-corrected chi connectivity index (χ0v) is 12.4. The highest BCUT2D eigenvalue weighted by Crippen LogP contribution is 2.21. The Kier molecular flexibility index (Phi) is 4.68. The zero-order valence-electron chi connectivity index (χ0n) is 11.6. The van der Waals surface area contributed by atoms with Crippen LogP contribution in [0.2, 0.25) is 0 Å². The van der Waals surface area contributed by atoms with Crippen molar-refractivity contribution in [2.45, 2.75) is 19.1 Å². The molecule has 0 fully saturated rings. The molecule has 0 unspecified atom stereocenters. The van der Waals surface area contributed by atoms with E-state index in [-0.39, 0.29) is 11.7 Å². The lowest BCUT2D eigenvalue weighted by atomic mass is 10.3. The standard InChI is InChI=1S/C14H16N2O3S/c1-9-10(2)19-14(15-9)20-8-13(17)16-11-5-4-6-12(7-11)18-3/h4-7H,8H2,1-3H3,(H,16,17). The molecule has 106 valence electrons. The highest BCUT2D eigenvalue weighted by Gasteiger charge is 2.09. The molecule has 0 saturated heterocycles. The third kappa shape index (κ3) is 3.77. The monoisotopic (exact) mass is 292 g/mol. The summed E-state index contributed by atoms with van der Waals surface area (Å²) >= 11 is 1.27. The number of amides is 1. The largest absolute Gasteiger partial charge is 0.497 e. The number of carbonyl (C=O) groups excluding carboxylic acids is 1. The van der Waals surface area contributed by atoms with Crippen molar-refractivity contribution >= 4 is 23.4 Å². The average Bonchev–Trinajstić information content (AvgIpc) is 2.76. The van der Waals surface area contributed by atoms with E-state index in [9.17, 15) is 4.79 Å². The van der Waals surface area contributed by atoms with Gasteiger partial charge in [-0.05, 0) is 26.0 Å². The van der Waals surface area contributed by atoms with Gasteiger partial charge in [-0.1, -0.05) is 17.8 Å². The van der Waals surface area contributed by atoms with Gasteiger partial charge in [-0.15, -0.1) is 0 Å². The minimum absolute atomic E-state index is 0.114. The molecule has 0 aliphatic carbocycles. The molecule has 1 aromatic carbocycles. The van der Waals surface area contributed by atoms with E-state index in [1.807, 2.05) is 32.0 Å². The molecule has 20 heavy (non-hydrogen) atoms. The fourth-order valence-corrected chi connectivity index (χ4v) is 2.24. The molecule has 1 amide bonds. The van der Waals surface area contributed by atoms with Crippen LogP contribution >= 0.6 is 11.8 Å². The lowest BCUT2D eigenvalue weighted by Crippen LogP contribution is -2.13. The fraction of sp³-hybridized carbons (Fsp3) is 0.286. The molecular formula is C14H16N2O3S. The molecule has 0 bridgehead atoms. The second-order valence-corrected chi connectivity index (χ2v) is 5.12. The van der Waals surface area contributed by atoms with Crippen LogP contribution in [0.3, 0.4) is 0 Å². The van der Waals surface area contributed by atoms with Crippen LogP contribution in [-0.2, 0) is 4.79 Å². The first-order valence-corrected chi connectivity index (χ1v) is 7.08. The number of rotatable bonds is 5. The number of hydrogen-bond donors (Lipinski definition) is 1. The molecule has 0 aliphatic heterocycles. The minimum Gasteiger partial charge on any atom is -0.497 e.